The number of carboxylic acids is 1. The molecule has 0 saturated heterocycles. The molecule has 0 saturated carbocycles. The molecule has 2 N–H and O–H groups in total. The normalized spacial score (nSPS) is 17.0. The molecule has 130 valence electrons. The van der Waals surface area contributed by atoms with Crippen LogP contribution in [-0.4, -0.2) is 46.2 Å². The molecule has 0 unspecified atom stereocenters. The van der Waals surface area contributed by atoms with Crippen molar-refractivity contribution in [1.29, 1.82) is 0 Å². The maximum atomic E-state index is 12.5. The Morgan fingerprint density at radius 3 is 2.46 bits per heavy atom. The zero-order valence-corrected chi connectivity index (χ0v) is 14.0. The highest BCUT2D eigenvalue weighted by Gasteiger charge is 2.36. The van der Waals surface area contributed by atoms with Crippen molar-refractivity contribution >= 4 is 18.0 Å². The monoisotopic (exact) mass is 334 g/mol. The Kier molecular flexibility index (Phi) is 5.11. The van der Waals surface area contributed by atoms with Gasteiger partial charge in [0.15, 0.2) is 0 Å². The van der Waals surface area contributed by atoms with Gasteiger partial charge in [-0.15, -0.1) is 0 Å². The van der Waals surface area contributed by atoms with E-state index < -0.39 is 36.2 Å². The lowest BCUT2D eigenvalue weighted by Crippen LogP contribution is -2.54. The highest BCUT2D eigenvalue weighted by Crippen LogP contribution is 2.25. The van der Waals surface area contributed by atoms with Gasteiger partial charge >= 0.3 is 12.1 Å². The molecule has 1 atom stereocenters. The van der Waals surface area contributed by atoms with E-state index in [9.17, 15) is 14.4 Å². The summed E-state index contributed by atoms with van der Waals surface area (Å²) in [7, 11) is 0. The third-order valence-corrected chi connectivity index (χ3v) is 3.59. The Morgan fingerprint density at radius 1 is 1.25 bits per heavy atom. The van der Waals surface area contributed by atoms with Crippen molar-refractivity contribution in [2.24, 2.45) is 0 Å². The molecule has 1 aliphatic heterocycles. The second kappa shape index (κ2) is 6.90. The zero-order chi connectivity index (χ0) is 17.9. The maximum absolute atomic E-state index is 12.5. The molecular weight excluding hydrogens is 312 g/mol. The highest BCUT2D eigenvalue weighted by molar-refractivity contribution is 5.88. The summed E-state index contributed by atoms with van der Waals surface area (Å²) < 4.78 is 5.39. The second-order valence-electron chi connectivity index (χ2n) is 6.71. The summed E-state index contributed by atoms with van der Waals surface area (Å²) in [6.07, 6.45) is -0.270. The van der Waals surface area contributed by atoms with Gasteiger partial charge < -0.3 is 15.2 Å². The molecule has 1 aliphatic rings. The number of aliphatic carboxylic acids is 1. The van der Waals surface area contributed by atoms with E-state index in [-0.39, 0.29) is 6.54 Å². The number of carbonyl (C=O) groups is 3. The molecule has 0 fully saturated rings. The van der Waals surface area contributed by atoms with E-state index in [1.54, 1.807) is 20.8 Å². The Morgan fingerprint density at radius 2 is 1.88 bits per heavy atom. The van der Waals surface area contributed by atoms with Crippen LogP contribution in [0.5, 0.6) is 0 Å². The maximum Gasteiger partial charge on any atom is 0.411 e. The Bertz CT molecular complexity index is 651. The second-order valence-corrected chi connectivity index (χ2v) is 6.71. The lowest BCUT2D eigenvalue weighted by molar-refractivity contribution is -0.138. The Balaban J connectivity index is 2.24. The number of fused-ring (bicyclic) bond motifs is 1. The summed E-state index contributed by atoms with van der Waals surface area (Å²) in [5, 5.41) is 11.1. The molecule has 1 aromatic carbocycles. The average Bonchev–Trinajstić information content (AvgIpc) is 2.49. The van der Waals surface area contributed by atoms with E-state index in [1.165, 1.54) is 4.90 Å². The molecule has 1 aromatic rings. The summed E-state index contributed by atoms with van der Waals surface area (Å²) in [6.45, 7) is 5.02. The Hall–Kier alpha value is -2.57. The molecule has 0 aromatic heterocycles. The van der Waals surface area contributed by atoms with Crippen molar-refractivity contribution in [3.8, 4) is 0 Å². The third-order valence-electron chi connectivity index (χ3n) is 3.59. The van der Waals surface area contributed by atoms with Gasteiger partial charge in [0.25, 0.3) is 0 Å². The number of benzene rings is 1. The average molecular weight is 334 g/mol. The van der Waals surface area contributed by atoms with E-state index in [0.717, 1.165) is 11.1 Å². The molecule has 2 amide bonds. The van der Waals surface area contributed by atoms with Crippen molar-refractivity contribution in [1.82, 2.24) is 10.2 Å². The van der Waals surface area contributed by atoms with Gasteiger partial charge in [0, 0.05) is 6.42 Å². The number of amides is 2. The fourth-order valence-electron chi connectivity index (χ4n) is 2.55. The van der Waals surface area contributed by atoms with Crippen LogP contribution < -0.4 is 5.32 Å². The molecule has 0 bridgehead atoms. The van der Waals surface area contributed by atoms with Crippen molar-refractivity contribution < 1.29 is 24.2 Å². The van der Waals surface area contributed by atoms with Crippen molar-refractivity contribution in [2.45, 2.75) is 45.4 Å². The third kappa shape index (κ3) is 4.47. The number of nitrogens with one attached hydrogen (secondary N) is 1. The number of hydrogen-bond donors (Lipinski definition) is 2. The largest absolute Gasteiger partial charge is 0.480 e. The first-order valence-corrected chi connectivity index (χ1v) is 7.73. The lowest BCUT2D eigenvalue weighted by atomic mass is 9.94. The van der Waals surface area contributed by atoms with Crippen molar-refractivity contribution in [3.05, 3.63) is 35.4 Å². The number of carbonyl (C=O) groups excluding carboxylic acids is 2. The van der Waals surface area contributed by atoms with Crippen LogP contribution in [0.4, 0.5) is 4.79 Å². The molecule has 7 heteroatoms. The minimum Gasteiger partial charge on any atom is -0.480 e. The lowest BCUT2D eigenvalue weighted by Gasteiger charge is -2.36. The first kappa shape index (κ1) is 17.8. The summed E-state index contributed by atoms with van der Waals surface area (Å²) in [4.78, 5) is 36.9. The Labute approximate surface area is 140 Å². The van der Waals surface area contributed by atoms with Crippen LogP contribution in [0.25, 0.3) is 0 Å². The number of rotatable bonds is 3. The highest BCUT2D eigenvalue weighted by atomic mass is 16.6. The van der Waals surface area contributed by atoms with Crippen LogP contribution >= 0.6 is 0 Å². The minimum absolute atomic E-state index is 0.246. The van der Waals surface area contributed by atoms with Crippen molar-refractivity contribution in [3.63, 3.8) is 0 Å². The van der Waals surface area contributed by atoms with Gasteiger partial charge in [0.2, 0.25) is 5.91 Å². The summed E-state index contributed by atoms with van der Waals surface area (Å²) in [6, 6.07) is 6.75. The van der Waals surface area contributed by atoms with E-state index in [0.29, 0.717) is 6.42 Å². The van der Waals surface area contributed by atoms with Crippen molar-refractivity contribution in [2.75, 3.05) is 6.54 Å². The molecular formula is C17H22N2O5. The SMILES string of the molecule is CC(C)(C)OC(=O)N1Cc2ccccc2C[C@H]1C(=O)NCC(=O)O. The van der Waals surface area contributed by atoms with Gasteiger partial charge in [0.1, 0.15) is 18.2 Å². The first-order chi connectivity index (χ1) is 11.2. The molecule has 1 heterocycles. The fraction of sp³-hybridized carbons (Fsp3) is 0.471. The first-order valence-electron chi connectivity index (χ1n) is 7.73. The van der Waals surface area contributed by atoms with E-state index in [1.807, 2.05) is 24.3 Å². The van der Waals surface area contributed by atoms with Crippen LogP contribution in [0.2, 0.25) is 0 Å². The van der Waals surface area contributed by atoms with Gasteiger partial charge in [-0.3, -0.25) is 14.5 Å². The predicted molar refractivity (Wildman–Crippen MR) is 86.4 cm³/mol. The van der Waals surface area contributed by atoms with E-state index in [4.69, 9.17) is 9.84 Å². The molecule has 0 aliphatic carbocycles. The smallest absolute Gasteiger partial charge is 0.411 e. The summed E-state index contributed by atoms with van der Waals surface area (Å²) >= 11 is 0. The fourth-order valence-corrected chi connectivity index (χ4v) is 2.55. The van der Waals surface area contributed by atoms with Gasteiger partial charge in [-0.1, -0.05) is 24.3 Å². The van der Waals surface area contributed by atoms with Crippen LogP contribution in [0.3, 0.4) is 0 Å². The van der Waals surface area contributed by atoms with Crippen LogP contribution in [0.1, 0.15) is 31.9 Å². The predicted octanol–water partition coefficient (Wildman–Crippen LogP) is 1.55. The molecule has 2 rings (SSSR count). The number of nitrogens with zero attached hydrogens (tertiary/aromatic N) is 1. The van der Waals surface area contributed by atoms with Crippen LogP contribution in [0.15, 0.2) is 24.3 Å². The standard InChI is InChI=1S/C17H22N2O5/c1-17(2,3)24-16(23)19-10-12-7-5-4-6-11(12)8-13(19)15(22)18-9-14(20)21/h4-7,13H,8-10H2,1-3H3,(H,18,22)(H,20,21)/t13-/m0/s1. The van der Waals surface area contributed by atoms with Crippen LogP contribution in [-0.2, 0) is 27.3 Å². The minimum atomic E-state index is -1.14. The van der Waals surface area contributed by atoms with Gasteiger partial charge in [0.05, 0.1) is 6.54 Å². The van der Waals surface area contributed by atoms with E-state index >= 15 is 0 Å². The zero-order valence-electron chi connectivity index (χ0n) is 14.0. The quantitative estimate of drug-likeness (QED) is 0.874. The molecule has 0 spiro atoms. The summed E-state index contributed by atoms with van der Waals surface area (Å²) in [5.41, 5.74) is 1.23. The van der Waals surface area contributed by atoms with Gasteiger partial charge in [-0.25, -0.2) is 4.79 Å². The van der Waals surface area contributed by atoms with Gasteiger partial charge in [-0.05, 0) is 31.9 Å². The van der Waals surface area contributed by atoms with Gasteiger partial charge in [-0.2, -0.15) is 0 Å². The molecule has 24 heavy (non-hydrogen) atoms. The van der Waals surface area contributed by atoms with Crippen LogP contribution in [0, 0.1) is 0 Å². The number of carboxylic acid groups (broad SMARTS) is 1. The topological polar surface area (TPSA) is 95.9 Å². The van der Waals surface area contributed by atoms with E-state index in [2.05, 4.69) is 5.32 Å². The number of hydrogen-bond acceptors (Lipinski definition) is 4. The summed E-state index contributed by atoms with van der Waals surface area (Å²) in [5.74, 6) is -1.64. The molecule has 7 nitrogen and oxygen atoms in total. The number of ether oxygens (including phenoxy) is 1. The molecule has 0 radical (unpaired) electrons.